The molecule has 15 heteroatoms. The van der Waals surface area contributed by atoms with Gasteiger partial charge in [-0.05, 0) is 12.5 Å². The molecule has 0 aliphatic carbocycles. The molecule has 1 saturated heterocycles. The zero-order valence-corrected chi connectivity index (χ0v) is 23.9. The Balaban J connectivity index is 2.33. The summed E-state index contributed by atoms with van der Waals surface area (Å²) >= 11 is 0. The Morgan fingerprint density at radius 1 is 0.810 bits per heavy atom. The van der Waals surface area contributed by atoms with E-state index in [-0.39, 0.29) is 85.2 Å². The standard InChI is InChI=1S/C27H43N5O10/c1-27(41,20-33)28-26(40)22(19-42-18-21-5-3-2-4-6-21)32-13-11-30(16-24(36)37)9-7-29(15-23(34)35)8-10-31(12-14-32)17-25(38)39/h2-6,22,33,41H,7-20H2,1H3,(H,28,40)(H,34,35)(H,36,37)(H,38,39). The van der Waals surface area contributed by atoms with Gasteiger partial charge in [0.05, 0.1) is 39.5 Å². The molecule has 2 atom stereocenters. The second-order valence-electron chi connectivity index (χ2n) is 10.5. The second-order valence-corrected chi connectivity index (χ2v) is 10.5. The van der Waals surface area contributed by atoms with Gasteiger partial charge in [-0.25, -0.2) is 0 Å². The summed E-state index contributed by atoms with van der Waals surface area (Å²) in [6.07, 6.45) is 0. The van der Waals surface area contributed by atoms with Crippen molar-refractivity contribution >= 4 is 23.8 Å². The maximum atomic E-state index is 13.4. The number of carbonyl (C=O) groups excluding carboxylic acids is 1. The molecule has 2 unspecified atom stereocenters. The number of hydrogen-bond donors (Lipinski definition) is 6. The van der Waals surface area contributed by atoms with Gasteiger partial charge in [0.25, 0.3) is 0 Å². The highest BCUT2D eigenvalue weighted by atomic mass is 16.5. The zero-order chi connectivity index (χ0) is 31.1. The smallest absolute Gasteiger partial charge is 0.317 e. The molecular weight excluding hydrogens is 554 g/mol. The Morgan fingerprint density at radius 2 is 1.24 bits per heavy atom. The van der Waals surface area contributed by atoms with Crippen LogP contribution in [0.5, 0.6) is 0 Å². The summed E-state index contributed by atoms with van der Waals surface area (Å²) in [7, 11) is 0. The van der Waals surface area contributed by atoms with Crippen LogP contribution in [0.3, 0.4) is 0 Å². The summed E-state index contributed by atoms with van der Waals surface area (Å²) in [6, 6.07) is 8.32. The molecule has 1 aromatic rings. The molecule has 0 bridgehead atoms. The normalized spacial score (nSPS) is 19.1. The molecule has 1 aromatic carbocycles. The number of carboxylic acids is 3. The summed E-state index contributed by atoms with van der Waals surface area (Å²) in [5.74, 6) is -3.81. The van der Waals surface area contributed by atoms with Crippen LogP contribution in [0.1, 0.15) is 12.5 Å². The van der Waals surface area contributed by atoms with Crippen LogP contribution in [0.25, 0.3) is 0 Å². The third-order valence-electron chi connectivity index (χ3n) is 6.78. The molecule has 0 aromatic heterocycles. The van der Waals surface area contributed by atoms with Gasteiger partial charge in [-0.15, -0.1) is 0 Å². The van der Waals surface area contributed by atoms with Crippen LogP contribution in [-0.2, 0) is 30.5 Å². The molecule has 1 aliphatic rings. The number of amides is 1. The zero-order valence-electron chi connectivity index (χ0n) is 23.9. The van der Waals surface area contributed by atoms with Gasteiger partial charge >= 0.3 is 17.9 Å². The third-order valence-corrected chi connectivity index (χ3v) is 6.78. The summed E-state index contributed by atoms with van der Waals surface area (Å²) in [5.41, 5.74) is -1.03. The number of rotatable bonds is 14. The number of aliphatic hydroxyl groups is 2. The lowest BCUT2D eigenvalue weighted by molar-refractivity contribution is -0.141. The Hall–Kier alpha value is -3.18. The number of ether oxygens (including phenoxy) is 1. The van der Waals surface area contributed by atoms with Gasteiger partial charge in [0, 0.05) is 52.4 Å². The second kappa shape index (κ2) is 17.7. The molecule has 1 aliphatic heterocycles. The Bertz CT molecular complexity index is 980. The number of aliphatic hydroxyl groups excluding tert-OH is 1. The molecule has 6 N–H and O–H groups in total. The highest BCUT2D eigenvalue weighted by Crippen LogP contribution is 2.10. The van der Waals surface area contributed by atoms with E-state index in [1.165, 1.54) is 6.92 Å². The summed E-state index contributed by atoms with van der Waals surface area (Å²) < 4.78 is 5.89. The fourth-order valence-corrected chi connectivity index (χ4v) is 4.51. The largest absolute Gasteiger partial charge is 0.480 e. The van der Waals surface area contributed by atoms with Crippen LogP contribution in [0.4, 0.5) is 0 Å². The molecule has 0 spiro atoms. The quantitative estimate of drug-likeness (QED) is 0.127. The van der Waals surface area contributed by atoms with E-state index in [1.54, 1.807) is 19.6 Å². The van der Waals surface area contributed by atoms with Gasteiger partial charge in [0.15, 0.2) is 5.72 Å². The van der Waals surface area contributed by atoms with E-state index in [9.17, 15) is 44.7 Å². The summed E-state index contributed by atoms with van der Waals surface area (Å²) in [4.78, 5) is 54.6. The van der Waals surface area contributed by atoms with Crippen molar-refractivity contribution in [2.45, 2.75) is 25.3 Å². The molecule has 236 valence electrons. The highest BCUT2D eigenvalue weighted by molar-refractivity contribution is 5.82. The van der Waals surface area contributed by atoms with Crippen molar-refractivity contribution in [1.82, 2.24) is 24.9 Å². The average molecular weight is 598 g/mol. The van der Waals surface area contributed by atoms with Gasteiger partial charge in [0.1, 0.15) is 6.04 Å². The molecule has 15 nitrogen and oxygen atoms in total. The first-order valence-electron chi connectivity index (χ1n) is 13.7. The Kier molecular flexibility index (Phi) is 14.8. The van der Waals surface area contributed by atoms with Crippen molar-refractivity contribution in [3.8, 4) is 0 Å². The van der Waals surface area contributed by atoms with E-state index in [4.69, 9.17) is 4.74 Å². The lowest BCUT2D eigenvalue weighted by Crippen LogP contribution is -2.59. The Labute approximate surface area is 244 Å². The SMILES string of the molecule is CC(O)(CO)NC(=O)C(COCc1ccccc1)N1CCN(CC(=O)O)CCN(CC(=O)O)CCN(CC(=O)O)CC1. The van der Waals surface area contributed by atoms with Crippen molar-refractivity contribution in [1.29, 1.82) is 0 Å². The van der Waals surface area contributed by atoms with Crippen LogP contribution >= 0.6 is 0 Å². The first kappa shape index (κ1) is 35.0. The van der Waals surface area contributed by atoms with Crippen LogP contribution in [0.15, 0.2) is 30.3 Å². The number of carbonyl (C=O) groups is 4. The van der Waals surface area contributed by atoms with Crippen molar-refractivity contribution in [3.63, 3.8) is 0 Å². The summed E-state index contributed by atoms with van der Waals surface area (Å²) in [5, 5.41) is 50.5. The fraction of sp³-hybridized carbons (Fsp3) is 0.630. The van der Waals surface area contributed by atoms with E-state index >= 15 is 0 Å². The minimum absolute atomic E-state index is 0.105. The molecule has 1 heterocycles. The van der Waals surface area contributed by atoms with Gasteiger partial charge < -0.3 is 35.6 Å². The highest BCUT2D eigenvalue weighted by Gasteiger charge is 2.32. The van der Waals surface area contributed by atoms with Crippen LogP contribution in [0, 0.1) is 0 Å². The fourth-order valence-electron chi connectivity index (χ4n) is 4.51. The molecule has 42 heavy (non-hydrogen) atoms. The van der Waals surface area contributed by atoms with Crippen LogP contribution < -0.4 is 5.32 Å². The van der Waals surface area contributed by atoms with Crippen molar-refractivity contribution < 1.29 is 49.4 Å². The number of aliphatic carboxylic acids is 3. The molecule has 0 saturated carbocycles. The predicted octanol–water partition coefficient (Wildman–Crippen LogP) is -2.14. The molecule has 1 fully saturated rings. The van der Waals surface area contributed by atoms with Gasteiger partial charge in [0.2, 0.25) is 5.91 Å². The summed E-state index contributed by atoms with van der Waals surface area (Å²) in [6.45, 7) is 1.42. The third kappa shape index (κ3) is 13.7. The number of hydrogen-bond acceptors (Lipinski definition) is 11. The number of nitrogens with zero attached hydrogens (tertiary/aromatic N) is 4. The lowest BCUT2D eigenvalue weighted by Gasteiger charge is -2.37. The minimum Gasteiger partial charge on any atom is -0.480 e. The van der Waals surface area contributed by atoms with Crippen LogP contribution in [-0.4, -0.2) is 166 Å². The number of nitrogens with one attached hydrogen (secondary N) is 1. The monoisotopic (exact) mass is 597 g/mol. The van der Waals surface area contributed by atoms with E-state index in [2.05, 4.69) is 5.32 Å². The predicted molar refractivity (Wildman–Crippen MR) is 150 cm³/mol. The first-order valence-corrected chi connectivity index (χ1v) is 13.7. The van der Waals surface area contributed by atoms with E-state index in [1.807, 2.05) is 30.3 Å². The average Bonchev–Trinajstić information content (AvgIpc) is 2.91. The van der Waals surface area contributed by atoms with Crippen molar-refractivity contribution in [3.05, 3.63) is 35.9 Å². The van der Waals surface area contributed by atoms with E-state index in [0.717, 1.165) is 5.56 Å². The topological polar surface area (TPSA) is 204 Å². The lowest BCUT2D eigenvalue weighted by atomic mass is 10.2. The van der Waals surface area contributed by atoms with Gasteiger partial charge in [-0.2, -0.15) is 0 Å². The maximum absolute atomic E-state index is 13.4. The number of carboxylic acid groups (broad SMARTS) is 3. The Morgan fingerprint density at radius 3 is 1.64 bits per heavy atom. The van der Waals surface area contributed by atoms with Crippen molar-refractivity contribution in [2.24, 2.45) is 0 Å². The minimum atomic E-state index is -1.90. The molecular formula is C27H43N5O10. The van der Waals surface area contributed by atoms with Crippen LogP contribution in [0.2, 0.25) is 0 Å². The molecule has 1 amide bonds. The van der Waals surface area contributed by atoms with Crippen molar-refractivity contribution in [2.75, 3.05) is 85.2 Å². The van der Waals surface area contributed by atoms with Gasteiger partial charge in [-0.1, -0.05) is 30.3 Å². The molecule has 2 rings (SSSR count). The molecule has 0 radical (unpaired) electrons. The van der Waals surface area contributed by atoms with E-state index < -0.39 is 42.2 Å². The van der Waals surface area contributed by atoms with E-state index in [0.29, 0.717) is 0 Å². The maximum Gasteiger partial charge on any atom is 0.317 e. The first-order chi connectivity index (χ1) is 19.9. The number of benzene rings is 1. The van der Waals surface area contributed by atoms with Gasteiger partial charge in [-0.3, -0.25) is 38.8 Å².